The van der Waals surface area contributed by atoms with Crippen LogP contribution in [-0.2, 0) is 5.41 Å². The maximum Gasteiger partial charge on any atom is 0.130 e. The average molecular weight is 258 g/mol. The lowest BCUT2D eigenvalue weighted by atomic mass is 9.86. The van der Waals surface area contributed by atoms with E-state index in [4.69, 9.17) is 10.00 Å². The van der Waals surface area contributed by atoms with Crippen LogP contribution in [0.15, 0.2) is 24.3 Å². The Labute approximate surface area is 115 Å². The highest BCUT2D eigenvalue weighted by Gasteiger charge is 2.25. The zero-order valence-electron chi connectivity index (χ0n) is 11.9. The molecule has 0 spiro atoms. The first kappa shape index (κ1) is 13.9. The molecule has 0 heterocycles. The lowest BCUT2D eigenvalue weighted by Gasteiger charge is -2.23. The van der Waals surface area contributed by atoms with Crippen LogP contribution in [0.3, 0.4) is 0 Å². The summed E-state index contributed by atoms with van der Waals surface area (Å²) < 4.78 is 5.86. The molecule has 3 heteroatoms. The predicted octanol–water partition coefficient (Wildman–Crippen LogP) is 3.01. The number of rotatable bonds is 5. The average Bonchev–Trinajstić information content (AvgIpc) is 3.17. The van der Waals surface area contributed by atoms with Crippen LogP contribution in [0.2, 0.25) is 0 Å². The van der Waals surface area contributed by atoms with Gasteiger partial charge in [0.25, 0.3) is 0 Å². The predicted molar refractivity (Wildman–Crippen MR) is 76.2 cm³/mol. The molecule has 1 atom stereocenters. The molecule has 1 fully saturated rings. The van der Waals surface area contributed by atoms with Gasteiger partial charge in [-0.3, -0.25) is 5.32 Å². The minimum absolute atomic E-state index is 0.0443. The van der Waals surface area contributed by atoms with Crippen LogP contribution in [0, 0.1) is 11.3 Å². The van der Waals surface area contributed by atoms with Crippen molar-refractivity contribution in [3.05, 3.63) is 29.8 Å². The van der Waals surface area contributed by atoms with E-state index < -0.39 is 0 Å². The van der Waals surface area contributed by atoms with Crippen molar-refractivity contribution in [3.63, 3.8) is 0 Å². The fraction of sp³-hybridized carbons (Fsp3) is 0.562. The highest BCUT2D eigenvalue weighted by Crippen LogP contribution is 2.31. The third kappa shape index (κ3) is 3.97. The summed E-state index contributed by atoms with van der Waals surface area (Å²) in [5.41, 5.74) is 1.22. The zero-order valence-corrected chi connectivity index (χ0v) is 11.9. The van der Waals surface area contributed by atoms with E-state index in [2.05, 4.69) is 38.2 Å². The number of para-hydroxylation sites is 1. The maximum absolute atomic E-state index is 9.12. The Morgan fingerprint density at radius 3 is 2.63 bits per heavy atom. The molecule has 1 aliphatic carbocycles. The normalized spacial score (nSPS) is 16.7. The third-order valence-corrected chi connectivity index (χ3v) is 3.27. The first-order valence-electron chi connectivity index (χ1n) is 6.88. The molecule has 19 heavy (non-hydrogen) atoms. The number of nitrogens with one attached hydrogen (secondary N) is 1. The molecule has 0 aliphatic heterocycles. The summed E-state index contributed by atoms with van der Waals surface area (Å²) in [7, 11) is 0. The summed E-state index contributed by atoms with van der Waals surface area (Å²) in [4.78, 5) is 0. The van der Waals surface area contributed by atoms with Gasteiger partial charge in [-0.25, -0.2) is 0 Å². The summed E-state index contributed by atoms with van der Waals surface area (Å²) in [6.07, 6.45) is 2.35. The Kier molecular flexibility index (Phi) is 4.11. The van der Waals surface area contributed by atoms with Crippen LogP contribution in [-0.4, -0.2) is 18.7 Å². The van der Waals surface area contributed by atoms with E-state index in [0.717, 1.165) is 5.75 Å². The minimum atomic E-state index is -0.222. The Balaban J connectivity index is 2.00. The molecule has 1 N–H and O–H groups in total. The van der Waals surface area contributed by atoms with Crippen LogP contribution < -0.4 is 10.1 Å². The van der Waals surface area contributed by atoms with E-state index in [1.54, 1.807) is 0 Å². The summed E-state index contributed by atoms with van der Waals surface area (Å²) in [6.45, 7) is 6.90. The van der Waals surface area contributed by atoms with Crippen LogP contribution in [0.5, 0.6) is 5.75 Å². The van der Waals surface area contributed by atoms with Crippen LogP contribution in [0.4, 0.5) is 0 Å². The molecule has 1 unspecified atom stereocenters. The number of ether oxygens (including phenoxy) is 1. The van der Waals surface area contributed by atoms with Crippen LogP contribution in [0.25, 0.3) is 0 Å². The SMILES string of the molecule is CC(C)(C)c1ccccc1OCC(C#N)NC1CC1. The number of nitrogens with zero attached hydrogens (tertiary/aromatic N) is 1. The zero-order chi connectivity index (χ0) is 13.9. The van der Waals surface area contributed by atoms with Gasteiger partial charge < -0.3 is 4.74 Å². The smallest absolute Gasteiger partial charge is 0.130 e. The topological polar surface area (TPSA) is 45.0 Å². The summed E-state index contributed by atoms with van der Waals surface area (Å²) >= 11 is 0. The van der Waals surface area contributed by atoms with Crippen LogP contribution >= 0.6 is 0 Å². The second-order valence-electron chi connectivity index (χ2n) is 6.18. The monoisotopic (exact) mass is 258 g/mol. The summed E-state index contributed by atoms with van der Waals surface area (Å²) in [5.74, 6) is 0.882. The van der Waals surface area contributed by atoms with Gasteiger partial charge in [-0.2, -0.15) is 5.26 Å². The molecule has 2 rings (SSSR count). The Bertz CT molecular complexity index is 466. The third-order valence-electron chi connectivity index (χ3n) is 3.27. The molecule has 1 saturated carbocycles. The Hall–Kier alpha value is -1.53. The van der Waals surface area contributed by atoms with Gasteiger partial charge in [-0.15, -0.1) is 0 Å². The summed E-state index contributed by atoms with van der Waals surface area (Å²) in [6, 6.07) is 10.6. The van der Waals surface area contributed by atoms with Gasteiger partial charge in [0.15, 0.2) is 0 Å². The molecule has 1 aliphatic rings. The largest absolute Gasteiger partial charge is 0.491 e. The lowest BCUT2D eigenvalue weighted by molar-refractivity contribution is 0.281. The van der Waals surface area contributed by atoms with Gasteiger partial charge in [0.1, 0.15) is 18.4 Å². The van der Waals surface area contributed by atoms with E-state index >= 15 is 0 Å². The Morgan fingerprint density at radius 2 is 2.05 bits per heavy atom. The van der Waals surface area contributed by atoms with Crippen molar-refractivity contribution in [2.24, 2.45) is 0 Å². The number of benzene rings is 1. The first-order chi connectivity index (χ1) is 9.00. The fourth-order valence-electron chi connectivity index (χ4n) is 2.04. The molecule has 1 aromatic rings. The maximum atomic E-state index is 9.12. The molecular formula is C16H22N2O. The second kappa shape index (κ2) is 5.63. The van der Waals surface area contributed by atoms with E-state index in [0.29, 0.717) is 12.6 Å². The highest BCUT2D eigenvalue weighted by molar-refractivity contribution is 5.38. The van der Waals surface area contributed by atoms with Gasteiger partial charge in [-0.1, -0.05) is 39.0 Å². The van der Waals surface area contributed by atoms with Gasteiger partial charge in [-0.05, 0) is 29.9 Å². The van der Waals surface area contributed by atoms with E-state index in [1.165, 1.54) is 18.4 Å². The summed E-state index contributed by atoms with van der Waals surface area (Å²) in [5, 5.41) is 12.4. The van der Waals surface area contributed by atoms with Crippen molar-refractivity contribution >= 4 is 0 Å². The lowest BCUT2D eigenvalue weighted by Crippen LogP contribution is -2.35. The van der Waals surface area contributed by atoms with Gasteiger partial charge in [0, 0.05) is 6.04 Å². The van der Waals surface area contributed by atoms with Crippen LogP contribution in [0.1, 0.15) is 39.2 Å². The van der Waals surface area contributed by atoms with E-state index in [9.17, 15) is 0 Å². The minimum Gasteiger partial charge on any atom is -0.491 e. The van der Waals surface area contributed by atoms with Crippen molar-refractivity contribution in [2.45, 2.75) is 51.1 Å². The molecule has 0 saturated heterocycles. The first-order valence-corrected chi connectivity index (χ1v) is 6.88. The standard InChI is InChI=1S/C16H22N2O/c1-16(2,3)14-6-4-5-7-15(14)19-11-13(10-17)18-12-8-9-12/h4-7,12-13,18H,8-9,11H2,1-3H3. The molecule has 102 valence electrons. The van der Waals surface area contributed by atoms with Crippen molar-refractivity contribution in [3.8, 4) is 11.8 Å². The molecule has 0 radical (unpaired) electrons. The number of nitriles is 1. The van der Waals surface area contributed by atoms with Gasteiger partial charge >= 0.3 is 0 Å². The van der Waals surface area contributed by atoms with E-state index in [-0.39, 0.29) is 11.5 Å². The van der Waals surface area contributed by atoms with Gasteiger partial charge in [0.05, 0.1) is 6.07 Å². The molecule has 0 amide bonds. The molecular weight excluding hydrogens is 236 g/mol. The Morgan fingerprint density at radius 1 is 1.37 bits per heavy atom. The molecule has 3 nitrogen and oxygen atoms in total. The number of hydrogen-bond donors (Lipinski definition) is 1. The van der Waals surface area contributed by atoms with Crippen molar-refractivity contribution in [1.82, 2.24) is 5.32 Å². The van der Waals surface area contributed by atoms with Crippen molar-refractivity contribution < 1.29 is 4.74 Å². The fourth-order valence-corrected chi connectivity index (χ4v) is 2.04. The quantitative estimate of drug-likeness (QED) is 0.883. The second-order valence-corrected chi connectivity index (χ2v) is 6.18. The highest BCUT2D eigenvalue weighted by atomic mass is 16.5. The molecule has 0 bridgehead atoms. The van der Waals surface area contributed by atoms with Crippen molar-refractivity contribution in [1.29, 1.82) is 5.26 Å². The number of hydrogen-bond acceptors (Lipinski definition) is 3. The van der Waals surface area contributed by atoms with Crippen molar-refractivity contribution in [2.75, 3.05) is 6.61 Å². The molecule has 1 aromatic carbocycles. The van der Waals surface area contributed by atoms with E-state index in [1.807, 2.05) is 18.2 Å². The molecule has 0 aromatic heterocycles. The van der Waals surface area contributed by atoms with Gasteiger partial charge in [0.2, 0.25) is 0 Å².